The zero-order chi connectivity index (χ0) is 13.8. The molecule has 4 heteroatoms. The van der Waals surface area contributed by atoms with Gasteiger partial charge in [-0.2, -0.15) is 0 Å². The van der Waals surface area contributed by atoms with Gasteiger partial charge in [-0.25, -0.2) is 0 Å². The molecule has 0 spiro atoms. The van der Waals surface area contributed by atoms with Gasteiger partial charge in [-0.1, -0.05) is 18.2 Å². The fourth-order valence-electron chi connectivity index (χ4n) is 2.54. The van der Waals surface area contributed by atoms with Gasteiger partial charge in [-0.05, 0) is 32.4 Å². The summed E-state index contributed by atoms with van der Waals surface area (Å²) in [6.45, 7) is 5.82. The molecule has 2 rings (SSSR count). The highest BCUT2D eigenvalue weighted by molar-refractivity contribution is 5.95. The summed E-state index contributed by atoms with van der Waals surface area (Å²) in [4.78, 5) is 16.3. The van der Waals surface area contributed by atoms with Crippen molar-refractivity contribution in [2.45, 2.75) is 32.4 Å². The predicted octanol–water partition coefficient (Wildman–Crippen LogP) is 1.49. The number of hydrogen-bond donors (Lipinski definition) is 1. The Morgan fingerprint density at radius 2 is 2.11 bits per heavy atom. The highest BCUT2D eigenvalue weighted by Crippen LogP contribution is 2.18. The predicted molar refractivity (Wildman–Crippen MR) is 76.1 cm³/mol. The molecule has 1 heterocycles. The van der Waals surface area contributed by atoms with Crippen LogP contribution < -0.4 is 4.90 Å². The molecule has 1 fully saturated rings. The molecule has 1 saturated heterocycles. The molecule has 0 aliphatic carbocycles. The highest BCUT2D eigenvalue weighted by atomic mass is 16.3. The van der Waals surface area contributed by atoms with Gasteiger partial charge >= 0.3 is 0 Å². The largest absolute Gasteiger partial charge is 0.392 e. The third kappa shape index (κ3) is 3.55. The number of anilines is 1. The van der Waals surface area contributed by atoms with Crippen molar-refractivity contribution in [1.82, 2.24) is 4.90 Å². The van der Waals surface area contributed by atoms with Crippen LogP contribution in [0.1, 0.15) is 20.3 Å². The lowest BCUT2D eigenvalue weighted by molar-refractivity contribution is -0.119. The van der Waals surface area contributed by atoms with E-state index in [1.165, 1.54) is 0 Å². The summed E-state index contributed by atoms with van der Waals surface area (Å²) in [6.07, 6.45) is 0.484. The lowest BCUT2D eigenvalue weighted by Gasteiger charge is -2.28. The minimum Gasteiger partial charge on any atom is -0.392 e. The summed E-state index contributed by atoms with van der Waals surface area (Å²) < 4.78 is 0. The van der Waals surface area contributed by atoms with Crippen molar-refractivity contribution < 1.29 is 9.90 Å². The number of likely N-dealkylation sites (tertiary alicyclic amines) is 1. The first-order valence-electron chi connectivity index (χ1n) is 6.85. The maximum absolute atomic E-state index is 12.5. The Labute approximate surface area is 114 Å². The van der Waals surface area contributed by atoms with Gasteiger partial charge in [0.1, 0.15) is 0 Å². The van der Waals surface area contributed by atoms with Crippen molar-refractivity contribution >= 4 is 11.6 Å². The summed E-state index contributed by atoms with van der Waals surface area (Å²) in [6, 6.07) is 9.87. The minimum absolute atomic E-state index is 0.0929. The first-order chi connectivity index (χ1) is 9.08. The molecule has 1 amide bonds. The second kappa shape index (κ2) is 6.17. The van der Waals surface area contributed by atoms with E-state index >= 15 is 0 Å². The van der Waals surface area contributed by atoms with Crippen molar-refractivity contribution in [2.75, 3.05) is 24.5 Å². The van der Waals surface area contributed by atoms with E-state index in [9.17, 15) is 9.90 Å². The fourth-order valence-corrected chi connectivity index (χ4v) is 2.54. The number of hydrogen-bond acceptors (Lipinski definition) is 3. The average Bonchev–Trinajstić information content (AvgIpc) is 2.75. The Balaban J connectivity index is 2.05. The summed E-state index contributed by atoms with van der Waals surface area (Å²) in [5, 5.41) is 9.51. The molecule has 19 heavy (non-hydrogen) atoms. The Morgan fingerprint density at radius 1 is 1.42 bits per heavy atom. The van der Waals surface area contributed by atoms with Crippen LogP contribution in [0, 0.1) is 0 Å². The number of aliphatic hydroxyl groups is 1. The van der Waals surface area contributed by atoms with Crippen molar-refractivity contribution in [2.24, 2.45) is 0 Å². The van der Waals surface area contributed by atoms with Gasteiger partial charge in [0.05, 0.1) is 12.6 Å². The summed E-state index contributed by atoms with van der Waals surface area (Å²) >= 11 is 0. The SMILES string of the molecule is CC(C)N(C(=O)CN1CC[C@H](O)C1)c1ccccc1. The first-order valence-corrected chi connectivity index (χ1v) is 6.85. The van der Waals surface area contributed by atoms with Gasteiger partial charge < -0.3 is 10.0 Å². The summed E-state index contributed by atoms with van der Waals surface area (Å²) in [5.74, 6) is 0.0929. The monoisotopic (exact) mass is 262 g/mol. The van der Waals surface area contributed by atoms with E-state index in [4.69, 9.17) is 0 Å². The van der Waals surface area contributed by atoms with E-state index in [0.717, 1.165) is 18.7 Å². The van der Waals surface area contributed by atoms with Gasteiger partial charge in [0, 0.05) is 24.8 Å². The van der Waals surface area contributed by atoms with Crippen molar-refractivity contribution in [1.29, 1.82) is 0 Å². The van der Waals surface area contributed by atoms with Gasteiger partial charge in [0.15, 0.2) is 0 Å². The van der Waals surface area contributed by atoms with Crippen LogP contribution in [0.2, 0.25) is 0 Å². The second-order valence-electron chi connectivity index (χ2n) is 5.37. The molecule has 0 radical (unpaired) electrons. The summed E-state index contributed by atoms with van der Waals surface area (Å²) in [5.41, 5.74) is 0.933. The van der Waals surface area contributed by atoms with Crippen molar-refractivity contribution in [3.63, 3.8) is 0 Å². The van der Waals surface area contributed by atoms with Crippen LogP contribution in [-0.2, 0) is 4.79 Å². The number of para-hydroxylation sites is 1. The fraction of sp³-hybridized carbons (Fsp3) is 0.533. The molecular weight excluding hydrogens is 240 g/mol. The Morgan fingerprint density at radius 3 is 2.63 bits per heavy atom. The molecule has 0 saturated carbocycles. The van der Waals surface area contributed by atoms with E-state index in [2.05, 4.69) is 0 Å². The van der Waals surface area contributed by atoms with Crippen LogP contribution in [0.3, 0.4) is 0 Å². The molecule has 1 aliphatic heterocycles. The Bertz CT molecular complexity index is 419. The smallest absolute Gasteiger partial charge is 0.241 e. The number of carbonyl (C=O) groups is 1. The highest BCUT2D eigenvalue weighted by Gasteiger charge is 2.26. The number of amides is 1. The van der Waals surface area contributed by atoms with Gasteiger partial charge in [-0.3, -0.25) is 9.69 Å². The van der Waals surface area contributed by atoms with E-state index in [-0.39, 0.29) is 18.1 Å². The van der Waals surface area contributed by atoms with Crippen molar-refractivity contribution in [3.05, 3.63) is 30.3 Å². The number of aliphatic hydroxyl groups excluding tert-OH is 1. The van der Waals surface area contributed by atoms with Crippen LogP contribution in [-0.4, -0.2) is 47.7 Å². The van der Waals surface area contributed by atoms with E-state index < -0.39 is 0 Å². The molecule has 104 valence electrons. The lowest BCUT2D eigenvalue weighted by Crippen LogP contribution is -2.43. The van der Waals surface area contributed by atoms with Crippen LogP contribution in [0.5, 0.6) is 0 Å². The van der Waals surface area contributed by atoms with Gasteiger partial charge in [-0.15, -0.1) is 0 Å². The summed E-state index contributed by atoms with van der Waals surface area (Å²) in [7, 11) is 0. The number of nitrogens with zero attached hydrogens (tertiary/aromatic N) is 2. The van der Waals surface area contributed by atoms with Gasteiger partial charge in [0.25, 0.3) is 0 Å². The first kappa shape index (κ1) is 14.0. The van der Waals surface area contributed by atoms with Crippen LogP contribution in [0.4, 0.5) is 5.69 Å². The molecule has 1 atom stereocenters. The van der Waals surface area contributed by atoms with E-state index in [0.29, 0.717) is 13.1 Å². The standard InChI is InChI=1S/C15H22N2O2/c1-12(2)17(13-6-4-3-5-7-13)15(19)11-16-9-8-14(18)10-16/h3-7,12,14,18H,8-11H2,1-2H3/t14-/m0/s1. The molecule has 1 aromatic rings. The minimum atomic E-state index is -0.281. The normalized spacial score (nSPS) is 19.9. The quantitative estimate of drug-likeness (QED) is 0.894. The zero-order valence-electron chi connectivity index (χ0n) is 11.6. The van der Waals surface area contributed by atoms with E-state index in [1.807, 2.05) is 54.0 Å². The third-order valence-corrected chi connectivity index (χ3v) is 3.43. The topological polar surface area (TPSA) is 43.8 Å². The lowest BCUT2D eigenvalue weighted by atomic mass is 10.2. The Kier molecular flexibility index (Phi) is 4.56. The second-order valence-corrected chi connectivity index (χ2v) is 5.37. The van der Waals surface area contributed by atoms with Crippen LogP contribution >= 0.6 is 0 Å². The molecule has 0 unspecified atom stereocenters. The maximum Gasteiger partial charge on any atom is 0.241 e. The molecule has 1 aromatic carbocycles. The van der Waals surface area contributed by atoms with Crippen LogP contribution in [0.25, 0.3) is 0 Å². The maximum atomic E-state index is 12.5. The number of rotatable bonds is 4. The average molecular weight is 262 g/mol. The molecule has 0 aromatic heterocycles. The Hall–Kier alpha value is -1.39. The molecule has 1 N–H and O–H groups in total. The molecular formula is C15H22N2O2. The third-order valence-electron chi connectivity index (χ3n) is 3.43. The number of β-amino-alcohol motifs (C(OH)–C–C–N with tert-alkyl or cyclic N) is 1. The molecule has 1 aliphatic rings. The van der Waals surface area contributed by atoms with Crippen molar-refractivity contribution in [3.8, 4) is 0 Å². The molecule has 4 nitrogen and oxygen atoms in total. The van der Waals surface area contributed by atoms with E-state index in [1.54, 1.807) is 0 Å². The molecule has 0 bridgehead atoms. The van der Waals surface area contributed by atoms with Gasteiger partial charge in [0.2, 0.25) is 5.91 Å². The van der Waals surface area contributed by atoms with Crippen LogP contribution in [0.15, 0.2) is 30.3 Å². The zero-order valence-corrected chi connectivity index (χ0v) is 11.6. The number of benzene rings is 1. The number of carbonyl (C=O) groups excluding carboxylic acids is 1.